The van der Waals surface area contributed by atoms with E-state index in [-0.39, 0.29) is 29.6 Å². The second kappa shape index (κ2) is 19.6. The summed E-state index contributed by atoms with van der Waals surface area (Å²) in [6, 6.07) is 20.6. The second-order valence-electron chi connectivity index (χ2n) is 18.6. The summed E-state index contributed by atoms with van der Waals surface area (Å²) in [6.45, 7) is 14.3. The Balaban J connectivity index is 0.790. The molecule has 0 saturated carbocycles. The molecule has 2 unspecified atom stereocenters. The average Bonchev–Trinajstić information content (AvgIpc) is 3.83. The Kier molecular flexibility index (Phi) is 13.6. The van der Waals surface area contributed by atoms with Crippen molar-refractivity contribution in [1.29, 1.82) is 0 Å². The fourth-order valence-electron chi connectivity index (χ4n) is 10.4. The maximum absolute atomic E-state index is 13.8. The predicted octanol–water partition coefficient (Wildman–Crippen LogP) is 7.56. The molecule has 67 heavy (non-hydrogen) atoms. The molecule has 4 aliphatic heterocycles. The molecule has 2 aromatic heterocycles. The van der Waals surface area contributed by atoms with Crippen LogP contribution >= 0.6 is 23.1 Å². The number of carbonyl (C=O) groups is 3. The smallest absolute Gasteiger partial charge is 0.234 e. The Hall–Kier alpha value is -5.57. The number of nitrogens with zero attached hydrogens (tertiary/aromatic N) is 7. The third-order valence-electron chi connectivity index (χ3n) is 13.9. The van der Waals surface area contributed by atoms with Gasteiger partial charge in [0, 0.05) is 105 Å². The topological polar surface area (TPSA) is 165 Å². The number of aryl methyl sites for hydroxylation is 2. The molecule has 6 heterocycles. The lowest BCUT2D eigenvalue weighted by Crippen LogP contribution is -2.55. The van der Waals surface area contributed by atoms with Gasteiger partial charge in [-0.05, 0) is 116 Å². The van der Waals surface area contributed by atoms with Gasteiger partial charge in [0.25, 0.3) is 0 Å². The number of ether oxygens (including phenoxy) is 1. The number of rotatable bonds is 12. The number of pyridine rings is 1. The fraction of sp³-hybridized carbons (Fsp3) is 0.440. The van der Waals surface area contributed by atoms with E-state index in [4.69, 9.17) is 9.72 Å². The summed E-state index contributed by atoms with van der Waals surface area (Å²) >= 11 is 3.62. The predicted molar refractivity (Wildman–Crippen MR) is 270 cm³/mol. The summed E-state index contributed by atoms with van der Waals surface area (Å²) in [7, 11) is -1.05. The number of halogens is 1. The van der Waals surface area contributed by atoms with Crippen molar-refractivity contribution in [2.24, 2.45) is 5.92 Å². The molecular weight excluding hydrogens is 931 g/mol. The van der Waals surface area contributed by atoms with Crippen molar-refractivity contribution in [3.8, 4) is 5.75 Å². The van der Waals surface area contributed by atoms with Gasteiger partial charge in [0.05, 0.1) is 40.3 Å². The van der Waals surface area contributed by atoms with Crippen LogP contribution in [0.2, 0.25) is 0 Å². The summed E-state index contributed by atoms with van der Waals surface area (Å²) in [5.74, 6) is 1.12. The van der Waals surface area contributed by atoms with Gasteiger partial charge in [-0.25, -0.2) is 4.98 Å². The molecule has 5 aromatic rings. The first-order valence-corrected chi connectivity index (χ1v) is 26.9. The number of aromatic nitrogens is 3. The lowest BCUT2D eigenvalue weighted by Gasteiger charge is -2.44. The second-order valence-corrected chi connectivity index (χ2v) is 22.6. The van der Waals surface area contributed by atoms with Gasteiger partial charge in [0.2, 0.25) is 23.7 Å². The number of hydrogen-bond donors (Lipinski definition) is 3. The molecule has 3 aromatic carbocycles. The first kappa shape index (κ1) is 46.5. The highest BCUT2D eigenvalue weighted by molar-refractivity contribution is 9.10. The van der Waals surface area contributed by atoms with E-state index in [0.29, 0.717) is 53.1 Å². The lowest BCUT2D eigenvalue weighted by molar-refractivity contribution is -0.137. The molecular formula is C50H60BrN10O5P. The zero-order valence-electron chi connectivity index (χ0n) is 39.0. The number of amides is 3. The maximum atomic E-state index is 13.8. The van der Waals surface area contributed by atoms with Crippen molar-refractivity contribution >= 4 is 91.5 Å². The highest BCUT2D eigenvalue weighted by atomic mass is 79.9. The normalized spacial score (nSPS) is 19.8. The number of carbonyl (C=O) groups excluding carboxylic acids is 3. The van der Waals surface area contributed by atoms with E-state index in [9.17, 15) is 18.9 Å². The number of methoxy groups -OCH3 is 1. The monoisotopic (exact) mass is 990 g/mol. The van der Waals surface area contributed by atoms with Crippen LogP contribution in [0, 0.1) is 12.8 Å². The first-order valence-electron chi connectivity index (χ1n) is 23.5. The number of imide groups is 1. The number of anilines is 6. The Morgan fingerprint density at radius 3 is 2.33 bits per heavy atom. The summed E-state index contributed by atoms with van der Waals surface area (Å²) in [5.41, 5.74) is 7.53. The summed E-state index contributed by atoms with van der Waals surface area (Å²) in [5, 5.41) is 10.9. The van der Waals surface area contributed by atoms with Gasteiger partial charge in [-0.3, -0.25) is 29.6 Å². The minimum Gasteiger partial charge on any atom is -0.494 e. The molecule has 0 bridgehead atoms. The van der Waals surface area contributed by atoms with Gasteiger partial charge < -0.3 is 34.6 Å². The Labute approximate surface area is 400 Å². The molecule has 0 aliphatic carbocycles. The van der Waals surface area contributed by atoms with Gasteiger partial charge >= 0.3 is 0 Å². The van der Waals surface area contributed by atoms with Crippen LogP contribution in [-0.4, -0.2) is 121 Å². The van der Waals surface area contributed by atoms with Gasteiger partial charge in [-0.2, -0.15) is 4.98 Å². The number of benzene rings is 3. The Morgan fingerprint density at radius 1 is 0.881 bits per heavy atom. The summed E-state index contributed by atoms with van der Waals surface area (Å²) in [6.07, 6.45) is 6.35. The maximum Gasteiger partial charge on any atom is 0.234 e. The third kappa shape index (κ3) is 10.0. The van der Waals surface area contributed by atoms with Gasteiger partial charge in [0.15, 0.2) is 0 Å². The molecule has 0 radical (unpaired) electrons. The number of nitrogens with one attached hydrogen (secondary N) is 3. The number of hydrogen-bond acceptors (Lipinski definition) is 13. The van der Waals surface area contributed by atoms with E-state index in [2.05, 4.69) is 80.5 Å². The first-order chi connectivity index (χ1) is 32.3. The van der Waals surface area contributed by atoms with Crippen molar-refractivity contribution in [3.05, 3.63) is 88.2 Å². The highest BCUT2D eigenvalue weighted by Crippen LogP contribution is 2.43. The van der Waals surface area contributed by atoms with Gasteiger partial charge in [0.1, 0.15) is 18.7 Å². The SMILES string of the molecule is CCc1cc(Nc2ncc(Br)c(Nc3ccc4nc(C)ccc4c3P(C)(C)=O)n2)c(OC)cc1N1CCC(N2CCN(C(=O)C3CCN(c4ccc(C5CCC(=O)NC5=O)cc4)C3)CC2)CC1. The van der Waals surface area contributed by atoms with Crippen LogP contribution in [0.15, 0.2) is 71.3 Å². The van der Waals surface area contributed by atoms with E-state index in [0.717, 1.165) is 110 Å². The molecule has 3 N–H and O–H groups in total. The summed E-state index contributed by atoms with van der Waals surface area (Å²) in [4.78, 5) is 61.3. The van der Waals surface area contributed by atoms with E-state index >= 15 is 0 Å². The largest absolute Gasteiger partial charge is 0.494 e. The van der Waals surface area contributed by atoms with Gasteiger partial charge in [-0.1, -0.05) is 25.1 Å². The van der Waals surface area contributed by atoms with E-state index in [1.807, 2.05) is 55.5 Å². The number of piperidine rings is 2. The van der Waals surface area contributed by atoms with Crippen LogP contribution in [-0.2, 0) is 25.4 Å². The van der Waals surface area contributed by atoms with Crippen molar-refractivity contribution in [1.82, 2.24) is 30.1 Å². The quantitative estimate of drug-likeness (QED) is 0.0830. The molecule has 4 saturated heterocycles. The van der Waals surface area contributed by atoms with Crippen LogP contribution < -0.4 is 35.8 Å². The fourth-order valence-corrected chi connectivity index (χ4v) is 12.1. The number of fused-ring (bicyclic) bond motifs is 1. The summed E-state index contributed by atoms with van der Waals surface area (Å²) < 4.78 is 20.3. The van der Waals surface area contributed by atoms with Crippen molar-refractivity contribution in [2.45, 2.75) is 64.3 Å². The Morgan fingerprint density at radius 2 is 1.63 bits per heavy atom. The zero-order valence-corrected chi connectivity index (χ0v) is 41.5. The minimum atomic E-state index is -2.73. The third-order valence-corrected chi connectivity index (χ3v) is 16.1. The molecule has 15 nitrogen and oxygen atoms in total. The molecule has 3 amide bonds. The minimum absolute atomic E-state index is 0.0239. The molecule has 352 valence electrons. The molecule has 2 atom stereocenters. The van der Waals surface area contributed by atoms with Crippen molar-refractivity contribution in [3.63, 3.8) is 0 Å². The molecule has 4 aliphatic rings. The zero-order chi connectivity index (χ0) is 47.0. The lowest BCUT2D eigenvalue weighted by atomic mass is 9.90. The van der Waals surface area contributed by atoms with Crippen LogP contribution in [0.25, 0.3) is 10.9 Å². The van der Waals surface area contributed by atoms with Crippen LogP contribution in [0.5, 0.6) is 5.75 Å². The van der Waals surface area contributed by atoms with Crippen molar-refractivity contribution in [2.75, 3.05) is 93.2 Å². The highest BCUT2D eigenvalue weighted by Gasteiger charge is 2.36. The molecule has 9 rings (SSSR count). The van der Waals surface area contributed by atoms with Crippen molar-refractivity contribution < 1.29 is 23.7 Å². The number of piperazine rings is 1. The van der Waals surface area contributed by atoms with Crippen LogP contribution in [0.4, 0.5) is 34.5 Å². The average molecular weight is 992 g/mol. The molecule has 0 spiro atoms. The van der Waals surface area contributed by atoms with E-state index in [1.54, 1.807) is 26.6 Å². The standard InChI is InChI=1S/C50H60BrN10O5P/c1-6-32-27-42(55-50-52-29-39(51)47(57-50)54-41-15-14-40-38(12-7-31(2)53-40)46(41)67(4,5)65)44(66-3)28-43(32)59-21-18-36(19-22-59)58-23-25-60(26-24-58)49(64)34-17-20-61(30-34)35-10-8-33(9-11-35)37-13-16-45(62)56-48(37)63/h7-12,14-15,27-29,34,36-37H,6,13,16-26,30H2,1-5H3,(H,56,62,63)(H2,52,54,55,57). The van der Waals surface area contributed by atoms with Crippen LogP contribution in [0.1, 0.15) is 61.8 Å². The van der Waals surface area contributed by atoms with E-state index < -0.39 is 7.14 Å². The van der Waals surface area contributed by atoms with Gasteiger partial charge in [-0.15, -0.1) is 0 Å². The Bertz CT molecular complexity index is 2730. The van der Waals surface area contributed by atoms with E-state index in [1.165, 1.54) is 11.3 Å². The molecule has 4 fully saturated rings. The van der Waals surface area contributed by atoms with Crippen LogP contribution in [0.3, 0.4) is 0 Å². The molecule has 17 heteroatoms.